The zero-order valence-corrected chi connectivity index (χ0v) is 24.6. The van der Waals surface area contributed by atoms with Crippen molar-refractivity contribution < 1.29 is 39.9 Å². The lowest BCUT2D eigenvalue weighted by atomic mass is 9.77. The Morgan fingerprint density at radius 1 is 0.644 bits per heavy atom. The van der Waals surface area contributed by atoms with E-state index in [0.29, 0.717) is 35.7 Å². The Balaban J connectivity index is 1.28. The first-order valence-corrected chi connectivity index (χ1v) is 15.1. The van der Waals surface area contributed by atoms with Crippen molar-refractivity contribution in [1.29, 1.82) is 0 Å². The number of unbranched alkanes of at least 4 members (excludes halogenated alkanes) is 2. The second-order valence-corrected chi connectivity index (χ2v) is 11.6. The Kier molecular flexibility index (Phi) is 9.85. The summed E-state index contributed by atoms with van der Waals surface area (Å²) in [6.45, 7) is 2.19. The molecule has 1 nitrogen and oxygen atoms in total. The van der Waals surface area contributed by atoms with Gasteiger partial charge in [-0.2, -0.15) is 8.78 Å². The van der Waals surface area contributed by atoms with Crippen LogP contribution in [-0.4, -0.2) is 0 Å². The fraction of sp³-hybridized carbons (Fsp3) is 0.333. The molecule has 238 valence electrons. The van der Waals surface area contributed by atoms with Gasteiger partial charge in [-0.25, -0.2) is 26.3 Å². The van der Waals surface area contributed by atoms with Gasteiger partial charge in [-0.05, 0) is 84.5 Å². The van der Waals surface area contributed by atoms with Crippen molar-refractivity contribution in [2.75, 3.05) is 0 Å². The minimum atomic E-state index is -4.41. The first-order valence-electron chi connectivity index (χ1n) is 15.1. The molecule has 9 heteroatoms. The number of hydrogen-bond acceptors (Lipinski definition) is 1. The summed E-state index contributed by atoms with van der Waals surface area (Å²) in [6, 6.07) is 12.1. The second-order valence-electron chi connectivity index (χ2n) is 11.6. The molecule has 0 bridgehead atoms. The minimum absolute atomic E-state index is 0.201. The Bertz CT molecular complexity index is 1620. The lowest BCUT2D eigenvalue weighted by Gasteiger charge is -2.29. The third-order valence-corrected chi connectivity index (χ3v) is 8.63. The van der Waals surface area contributed by atoms with E-state index in [1.807, 2.05) is 12.1 Å². The highest BCUT2D eigenvalue weighted by Gasteiger charge is 2.39. The summed E-state index contributed by atoms with van der Waals surface area (Å²) >= 11 is 0. The van der Waals surface area contributed by atoms with Gasteiger partial charge in [-0.3, -0.25) is 0 Å². The van der Waals surface area contributed by atoms with Crippen LogP contribution < -0.4 is 4.74 Å². The van der Waals surface area contributed by atoms with Crippen LogP contribution in [0.25, 0.3) is 22.3 Å². The number of alkyl halides is 2. The lowest BCUT2D eigenvalue weighted by molar-refractivity contribution is -0.187. The van der Waals surface area contributed by atoms with E-state index in [1.54, 1.807) is 12.1 Å². The summed E-state index contributed by atoms with van der Waals surface area (Å²) in [5, 5.41) is 0. The molecule has 5 rings (SSSR count). The number of hydrogen-bond donors (Lipinski definition) is 0. The average Bonchev–Trinajstić information content (AvgIpc) is 3.01. The van der Waals surface area contributed by atoms with Crippen LogP contribution in [0.15, 0.2) is 66.7 Å². The molecule has 0 aliphatic heterocycles. The maximum atomic E-state index is 15.1. The summed E-state index contributed by atoms with van der Waals surface area (Å²) in [7, 11) is 0. The molecule has 1 aliphatic rings. The number of halogens is 8. The Hall–Kier alpha value is -3.88. The molecule has 1 aliphatic carbocycles. The van der Waals surface area contributed by atoms with Crippen LogP contribution in [0, 0.1) is 40.8 Å². The monoisotopic (exact) mass is 632 g/mol. The minimum Gasteiger partial charge on any atom is -0.429 e. The first-order chi connectivity index (χ1) is 21.5. The predicted octanol–water partition coefficient (Wildman–Crippen LogP) is 11.8. The molecular weight excluding hydrogens is 600 g/mol. The van der Waals surface area contributed by atoms with E-state index in [9.17, 15) is 17.6 Å². The maximum absolute atomic E-state index is 15.1. The molecule has 0 spiro atoms. The summed E-state index contributed by atoms with van der Waals surface area (Å²) in [4.78, 5) is 0. The van der Waals surface area contributed by atoms with Gasteiger partial charge in [0.25, 0.3) is 0 Å². The van der Waals surface area contributed by atoms with Crippen LogP contribution in [0.4, 0.5) is 35.1 Å². The molecule has 0 unspecified atom stereocenters. The molecule has 1 fully saturated rings. The van der Waals surface area contributed by atoms with Gasteiger partial charge in [0.15, 0.2) is 29.1 Å². The topological polar surface area (TPSA) is 9.23 Å². The van der Waals surface area contributed by atoms with Crippen LogP contribution in [0.5, 0.6) is 5.75 Å². The molecule has 0 saturated heterocycles. The molecule has 1 saturated carbocycles. The molecular formula is C36H32F8O. The maximum Gasteiger partial charge on any atom is 0.429 e. The Labute approximate surface area is 256 Å². The molecule has 0 amide bonds. The van der Waals surface area contributed by atoms with Crippen LogP contribution in [0.3, 0.4) is 0 Å². The normalized spacial score (nSPS) is 17.0. The largest absolute Gasteiger partial charge is 0.429 e. The van der Waals surface area contributed by atoms with E-state index in [2.05, 4.69) is 11.7 Å². The molecule has 4 aromatic rings. The lowest BCUT2D eigenvalue weighted by Crippen LogP contribution is -2.24. The van der Waals surface area contributed by atoms with Gasteiger partial charge in [-0.1, -0.05) is 62.9 Å². The van der Waals surface area contributed by atoms with Crippen molar-refractivity contribution in [3.8, 4) is 28.0 Å². The van der Waals surface area contributed by atoms with Gasteiger partial charge >= 0.3 is 6.11 Å². The van der Waals surface area contributed by atoms with Crippen molar-refractivity contribution in [2.45, 2.75) is 70.3 Å². The summed E-state index contributed by atoms with van der Waals surface area (Å²) in [5.41, 5.74) is -0.979. The van der Waals surface area contributed by atoms with Crippen LogP contribution in [-0.2, 0) is 6.11 Å². The van der Waals surface area contributed by atoms with Gasteiger partial charge in [0.2, 0.25) is 0 Å². The fourth-order valence-electron chi connectivity index (χ4n) is 6.11. The number of rotatable bonds is 10. The van der Waals surface area contributed by atoms with E-state index in [1.165, 1.54) is 38.5 Å². The van der Waals surface area contributed by atoms with Crippen molar-refractivity contribution in [2.24, 2.45) is 5.92 Å². The van der Waals surface area contributed by atoms with Crippen LogP contribution >= 0.6 is 0 Å². The molecule has 0 atom stereocenters. The van der Waals surface area contributed by atoms with E-state index in [0.717, 1.165) is 42.5 Å². The summed E-state index contributed by atoms with van der Waals surface area (Å²) in [5.74, 6) is -9.04. The Morgan fingerprint density at radius 2 is 1.29 bits per heavy atom. The van der Waals surface area contributed by atoms with E-state index in [4.69, 9.17) is 0 Å². The van der Waals surface area contributed by atoms with Crippen LogP contribution in [0.1, 0.15) is 75.3 Å². The van der Waals surface area contributed by atoms with E-state index >= 15 is 17.6 Å². The SMILES string of the molecule is CCCCCC1CCC(c2ccc(-c3ccc(C(F)(F)Oc4ccc(-c5cc(F)c(F)c(F)c5)c(F)c4)c(F)c3F)cc2)CC1. The molecule has 0 radical (unpaired) electrons. The van der Waals surface area contributed by atoms with Gasteiger partial charge < -0.3 is 4.74 Å². The first kappa shape index (κ1) is 32.5. The standard InChI is InChI=1S/C36H32F8O/c1-2-3-4-5-21-6-8-22(9-7-21)23-10-12-24(13-11-23)28-16-17-29(34(41)33(28)40)36(43,44)45-26-14-15-27(30(37)20-26)25-18-31(38)35(42)32(39)19-25/h10-22H,2-9H2,1H3. The smallest absolute Gasteiger partial charge is 0.429 e. The van der Waals surface area contributed by atoms with Crippen molar-refractivity contribution >= 4 is 0 Å². The number of ether oxygens (including phenoxy) is 1. The van der Waals surface area contributed by atoms with Gasteiger partial charge in [0, 0.05) is 17.2 Å². The quantitative estimate of drug-likeness (QED) is 0.0960. The Morgan fingerprint density at radius 3 is 1.91 bits per heavy atom. The van der Waals surface area contributed by atoms with Crippen molar-refractivity contribution in [3.05, 3.63) is 113 Å². The highest BCUT2D eigenvalue weighted by Crippen LogP contribution is 2.40. The second kappa shape index (κ2) is 13.6. The predicted molar refractivity (Wildman–Crippen MR) is 157 cm³/mol. The highest BCUT2D eigenvalue weighted by molar-refractivity contribution is 5.66. The molecule has 4 aromatic carbocycles. The van der Waals surface area contributed by atoms with Gasteiger partial charge in [0.05, 0.1) is 0 Å². The van der Waals surface area contributed by atoms with E-state index < -0.39 is 57.9 Å². The third kappa shape index (κ3) is 7.18. The fourth-order valence-corrected chi connectivity index (χ4v) is 6.11. The molecule has 0 heterocycles. The zero-order valence-electron chi connectivity index (χ0n) is 24.6. The molecule has 0 N–H and O–H groups in total. The van der Waals surface area contributed by atoms with Crippen molar-refractivity contribution in [3.63, 3.8) is 0 Å². The third-order valence-electron chi connectivity index (χ3n) is 8.63. The van der Waals surface area contributed by atoms with Gasteiger partial charge in [-0.15, -0.1) is 0 Å². The van der Waals surface area contributed by atoms with Crippen molar-refractivity contribution in [1.82, 2.24) is 0 Å². The number of benzene rings is 4. The summed E-state index contributed by atoms with van der Waals surface area (Å²) in [6.07, 6.45) is 5.04. The summed E-state index contributed by atoms with van der Waals surface area (Å²) < 4.78 is 120. The van der Waals surface area contributed by atoms with E-state index in [-0.39, 0.29) is 11.1 Å². The average molecular weight is 633 g/mol. The van der Waals surface area contributed by atoms with Crippen LogP contribution in [0.2, 0.25) is 0 Å². The zero-order chi connectivity index (χ0) is 32.3. The molecule has 45 heavy (non-hydrogen) atoms. The van der Waals surface area contributed by atoms with Gasteiger partial charge in [0.1, 0.15) is 17.1 Å². The highest BCUT2D eigenvalue weighted by atomic mass is 19.3. The molecule has 0 aromatic heterocycles.